The summed E-state index contributed by atoms with van der Waals surface area (Å²) in [7, 11) is 0. The average Bonchev–Trinajstić information content (AvgIpc) is 2.62. The van der Waals surface area contributed by atoms with E-state index in [0.29, 0.717) is 25.2 Å². The Morgan fingerprint density at radius 3 is 1.42 bits per heavy atom. The van der Waals surface area contributed by atoms with Crippen LogP contribution in [0.3, 0.4) is 0 Å². The van der Waals surface area contributed by atoms with Crippen molar-refractivity contribution in [3.05, 3.63) is 0 Å². The topological polar surface area (TPSA) is 40.6 Å². The van der Waals surface area contributed by atoms with Crippen molar-refractivity contribution >= 4 is 11.6 Å². The van der Waals surface area contributed by atoms with E-state index in [4.69, 9.17) is 0 Å². The summed E-state index contributed by atoms with van der Waals surface area (Å²) in [6.07, 6.45) is 12.7. The van der Waals surface area contributed by atoms with Gasteiger partial charge in [0.1, 0.15) is 17.0 Å². The third-order valence-corrected chi connectivity index (χ3v) is 6.84. The van der Waals surface area contributed by atoms with Crippen molar-refractivity contribution in [2.24, 2.45) is 5.41 Å². The Labute approximate surface area is 146 Å². The molecule has 1 aliphatic heterocycles. The Kier molecular flexibility index (Phi) is 5.76. The SMILES string of the molecule is CC(=O)C1(C(C)=O)CN(C2CCCCC2)CN(C2CCCCC2)C1. The number of carbonyl (C=O) groups is 2. The molecule has 0 atom stereocenters. The van der Waals surface area contributed by atoms with Crippen LogP contribution in [0.5, 0.6) is 0 Å². The molecular formula is C20H34N2O2. The van der Waals surface area contributed by atoms with Gasteiger partial charge < -0.3 is 0 Å². The summed E-state index contributed by atoms with van der Waals surface area (Å²) in [5.74, 6) is 0.132. The van der Waals surface area contributed by atoms with Gasteiger partial charge in [-0.2, -0.15) is 0 Å². The zero-order valence-electron chi connectivity index (χ0n) is 15.6. The van der Waals surface area contributed by atoms with E-state index in [1.807, 2.05) is 0 Å². The van der Waals surface area contributed by atoms with Gasteiger partial charge >= 0.3 is 0 Å². The largest absolute Gasteiger partial charge is 0.299 e. The lowest BCUT2D eigenvalue weighted by Crippen LogP contribution is -2.64. The van der Waals surface area contributed by atoms with E-state index in [1.165, 1.54) is 64.2 Å². The van der Waals surface area contributed by atoms with Crippen LogP contribution in [0.15, 0.2) is 0 Å². The van der Waals surface area contributed by atoms with Crippen molar-refractivity contribution in [3.63, 3.8) is 0 Å². The van der Waals surface area contributed by atoms with E-state index in [0.717, 1.165) is 6.67 Å². The van der Waals surface area contributed by atoms with E-state index in [2.05, 4.69) is 9.80 Å². The monoisotopic (exact) mass is 334 g/mol. The molecule has 24 heavy (non-hydrogen) atoms. The molecule has 0 unspecified atom stereocenters. The zero-order chi connectivity index (χ0) is 17.2. The zero-order valence-corrected chi connectivity index (χ0v) is 15.6. The second kappa shape index (κ2) is 7.65. The van der Waals surface area contributed by atoms with Gasteiger partial charge in [0.05, 0.1) is 6.67 Å². The molecule has 1 heterocycles. The van der Waals surface area contributed by atoms with E-state index < -0.39 is 5.41 Å². The van der Waals surface area contributed by atoms with Crippen LogP contribution in [0.4, 0.5) is 0 Å². The first kappa shape index (κ1) is 18.1. The van der Waals surface area contributed by atoms with Crippen LogP contribution in [0.2, 0.25) is 0 Å². The minimum atomic E-state index is -0.798. The summed E-state index contributed by atoms with van der Waals surface area (Å²) >= 11 is 0. The van der Waals surface area contributed by atoms with Crippen molar-refractivity contribution in [1.82, 2.24) is 9.80 Å². The highest BCUT2D eigenvalue weighted by Gasteiger charge is 2.49. The standard InChI is InChI=1S/C20H34N2O2/c1-16(23)20(17(2)24)13-21(18-9-5-3-6-10-18)15-22(14-20)19-11-7-4-8-12-19/h18-19H,3-15H2,1-2H3. The third-order valence-electron chi connectivity index (χ3n) is 6.84. The summed E-state index contributed by atoms with van der Waals surface area (Å²) in [5.41, 5.74) is -0.798. The van der Waals surface area contributed by atoms with E-state index in [1.54, 1.807) is 13.8 Å². The second-order valence-electron chi connectivity index (χ2n) is 8.41. The third kappa shape index (κ3) is 3.60. The molecule has 0 aromatic rings. The molecular weight excluding hydrogens is 300 g/mol. The second-order valence-corrected chi connectivity index (χ2v) is 8.41. The Hall–Kier alpha value is -0.740. The predicted molar refractivity (Wildman–Crippen MR) is 95.8 cm³/mol. The quantitative estimate of drug-likeness (QED) is 0.739. The molecule has 0 bridgehead atoms. The van der Waals surface area contributed by atoms with Crippen LogP contribution in [0.25, 0.3) is 0 Å². The fraction of sp³-hybridized carbons (Fsp3) is 0.900. The highest BCUT2D eigenvalue weighted by molar-refractivity contribution is 6.05. The number of carbonyl (C=O) groups excluding carboxylic acids is 2. The molecule has 0 aromatic carbocycles. The van der Waals surface area contributed by atoms with E-state index >= 15 is 0 Å². The Morgan fingerprint density at radius 1 is 0.708 bits per heavy atom. The van der Waals surface area contributed by atoms with Gasteiger partial charge in [0, 0.05) is 25.2 Å². The molecule has 0 N–H and O–H groups in total. The van der Waals surface area contributed by atoms with E-state index in [-0.39, 0.29) is 11.6 Å². The molecule has 1 saturated heterocycles. The number of ketones is 2. The summed E-state index contributed by atoms with van der Waals surface area (Å²) in [5, 5.41) is 0. The van der Waals surface area contributed by atoms with Gasteiger partial charge in [-0.3, -0.25) is 19.4 Å². The van der Waals surface area contributed by atoms with Gasteiger partial charge in [-0.25, -0.2) is 0 Å². The molecule has 0 spiro atoms. The lowest BCUT2D eigenvalue weighted by Gasteiger charge is -2.51. The van der Waals surface area contributed by atoms with Crippen molar-refractivity contribution in [3.8, 4) is 0 Å². The fourth-order valence-electron chi connectivity index (χ4n) is 5.15. The van der Waals surface area contributed by atoms with Crippen LogP contribution in [0, 0.1) is 5.41 Å². The molecule has 2 aliphatic carbocycles. The van der Waals surface area contributed by atoms with Crippen molar-refractivity contribution in [1.29, 1.82) is 0 Å². The Morgan fingerprint density at radius 2 is 1.08 bits per heavy atom. The molecule has 4 nitrogen and oxygen atoms in total. The number of rotatable bonds is 4. The summed E-state index contributed by atoms with van der Waals surface area (Å²) in [6, 6.07) is 1.12. The minimum Gasteiger partial charge on any atom is -0.299 e. The first-order valence-corrected chi connectivity index (χ1v) is 10.0. The van der Waals surface area contributed by atoms with Crippen molar-refractivity contribution in [2.75, 3.05) is 19.8 Å². The first-order valence-electron chi connectivity index (χ1n) is 10.0. The average molecular weight is 335 g/mol. The number of Topliss-reactive ketones (excluding diaryl/α,β-unsaturated/α-hetero) is 2. The van der Waals surface area contributed by atoms with Gasteiger partial charge in [0.15, 0.2) is 0 Å². The van der Waals surface area contributed by atoms with Crippen molar-refractivity contribution in [2.45, 2.75) is 90.1 Å². The van der Waals surface area contributed by atoms with Crippen LogP contribution in [0.1, 0.15) is 78.1 Å². The molecule has 3 aliphatic rings. The number of nitrogens with zero attached hydrogens (tertiary/aromatic N) is 2. The normalized spacial score (nSPS) is 27.9. The maximum atomic E-state index is 12.5. The van der Waals surface area contributed by atoms with Gasteiger partial charge in [0.25, 0.3) is 0 Å². The van der Waals surface area contributed by atoms with Crippen molar-refractivity contribution < 1.29 is 9.59 Å². The molecule has 2 saturated carbocycles. The lowest BCUT2D eigenvalue weighted by atomic mass is 9.76. The van der Waals surface area contributed by atoms with Crippen LogP contribution >= 0.6 is 0 Å². The number of hydrogen-bond donors (Lipinski definition) is 0. The van der Waals surface area contributed by atoms with Gasteiger partial charge in [-0.1, -0.05) is 38.5 Å². The fourth-order valence-corrected chi connectivity index (χ4v) is 5.15. The maximum absolute atomic E-state index is 12.5. The Balaban J connectivity index is 1.83. The highest BCUT2D eigenvalue weighted by Crippen LogP contribution is 2.35. The molecule has 0 aromatic heterocycles. The maximum Gasteiger partial charge on any atom is 0.145 e. The van der Waals surface area contributed by atoms with Crippen LogP contribution in [-0.4, -0.2) is 53.2 Å². The van der Waals surface area contributed by atoms with E-state index in [9.17, 15) is 9.59 Å². The molecule has 136 valence electrons. The molecule has 4 heteroatoms. The summed E-state index contributed by atoms with van der Waals surface area (Å²) in [6.45, 7) is 5.50. The van der Waals surface area contributed by atoms with Gasteiger partial charge in [0.2, 0.25) is 0 Å². The molecule has 0 radical (unpaired) electrons. The van der Waals surface area contributed by atoms with Crippen LogP contribution < -0.4 is 0 Å². The minimum absolute atomic E-state index is 0.0660. The predicted octanol–water partition coefficient (Wildman–Crippen LogP) is 3.39. The van der Waals surface area contributed by atoms with Gasteiger partial charge in [-0.05, 0) is 39.5 Å². The lowest BCUT2D eigenvalue weighted by molar-refractivity contribution is -0.150. The molecule has 3 rings (SSSR count). The Bertz CT molecular complexity index is 422. The first-order chi connectivity index (χ1) is 11.5. The summed E-state index contributed by atoms with van der Waals surface area (Å²) < 4.78 is 0. The highest BCUT2D eigenvalue weighted by atomic mass is 16.2. The number of hydrogen-bond acceptors (Lipinski definition) is 4. The smallest absolute Gasteiger partial charge is 0.145 e. The van der Waals surface area contributed by atoms with Gasteiger partial charge in [-0.15, -0.1) is 0 Å². The molecule has 3 fully saturated rings. The van der Waals surface area contributed by atoms with Crippen LogP contribution in [-0.2, 0) is 9.59 Å². The summed E-state index contributed by atoms with van der Waals surface area (Å²) in [4.78, 5) is 30.1. The molecule has 0 amide bonds.